The average molecular weight is 209 g/mol. The van der Waals surface area contributed by atoms with Gasteiger partial charge in [0.15, 0.2) is 5.60 Å². The molecule has 0 aromatic carbocycles. The summed E-state index contributed by atoms with van der Waals surface area (Å²) in [6.07, 6.45) is -0.601. The van der Waals surface area contributed by atoms with Crippen molar-refractivity contribution < 1.29 is 14.3 Å². The van der Waals surface area contributed by atoms with Crippen LogP contribution < -0.4 is 5.73 Å². The van der Waals surface area contributed by atoms with Crippen molar-refractivity contribution in [2.45, 2.75) is 19.4 Å². The number of halogens is 1. The van der Waals surface area contributed by atoms with E-state index in [1.807, 2.05) is 0 Å². The van der Waals surface area contributed by atoms with Gasteiger partial charge in [-0.3, -0.25) is 4.79 Å². The molecule has 1 fully saturated rings. The fraction of sp³-hybridized carbons (Fsp3) is 0.714. The summed E-state index contributed by atoms with van der Waals surface area (Å²) in [5, 5.41) is 0. The lowest BCUT2D eigenvalue weighted by Crippen LogP contribution is -2.38. The quantitative estimate of drug-likeness (QED) is 0.700. The number of cyclic esters (lactones) is 1. The number of ether oxygens (including phenoxy) is 1. The fourth-order valence-electron chi connectivity index (χ4n) is 1.05. The number of hydrogen-bond acceptors (Lipinski definition) is 4. The first-order chi connectivity index (χ1) is 5.49. The van der Waals surface area contributed by atoms with Crippen molar-refractivity contribution in [2.24, 2.45) is 5.73 Å². The molecule has 5 nitrogen and oxygen atoms in total. The Morgan fingerprint density at radius 1 is 1.46 bits per heavy atom. The third-order valence-corrected chi connectivity index (χ3v) is 1.68. The zero-order chi connectivity index (χ0) is 9.35. The summed E-state index contributed by atoms with van der Waals surface area (Å²) < 4.78 is 4.81. The van der Waals surface area contributed by atoms with Crippen molar-refractivity contribution in [1.82, 2.24) is 4.90 Å². The van der Waals surface area contributed by atoms with E-state index >= 15 is 0 Å². The lowest BCUT2D eigenvalue weighted by atomic mass is 10.1. The van der Waals surface area contributed by atoms with Crippen LogP contribution in [0.2, 0.25) is 0 Å². The number of amides is 2. The molecule has 1 heterocycles. The van der Waals surface area contributed by atoms with Gasteiger partial charge < -0.3 is 10.5 Å². The third-order valence-electron chi connectivity index (χ3n) is 1.68. The van der Waals surface area contributed by atoms with Crippen LogP contribution in [-0.4, -0.2) is 35.6 Å². The number of carbonyl (C=O) groups is 2. The van der Waals surface area contributed by atoms with Gasteiger partial charge in [0.1, 0.15) is 0 Å². The minimum Gasteiger partial charge on any atom is -0.433 e. The van der Waals surface area contributed by atoms with Gasteiger partial charge in [-0.15, -0.1) is 12.4 Å². The van der Waals surface area contributed by atoms with E-state index in [1.54, 1.807) is 13.8 Å². The second-order valence-electron chi connectivity index (χ2n) is 3.12. The molecule has 0 aromatic heterocycles. The molecule has 0 spiro atoms. The molecule has 1 saturated heterocycles. The van der Waals surface area contributed by atoms with Crippen LogP contribution in [0.1, 0.15) is 13.8 Å². The first-order valence-electron chi connectivity index (χ1n) is 3.74. The zero-order valence-electron chi connectivity index (χ0n) is 7.57. The van der Waals surface area contributed by atoms with Gasteiger partial charge in [-0.25, -0.2) is 9.69 Å². The van der Waals surface area contributed by atoms with Crippen LogP contribution in [0.4, 0.5) is 4.79 Å². The summed E-state index contributed by atoms with van der Waals surface area (Å²) in [6.45, 7) is 3.60. The molecule has 1 rings (SSSR count). The smallest absolute Gasteiger partial charge is 0.417 e. The molecule has 0 aliphatic carbocycles. The standard InChI is InChI=1S/C7H12N2O3.ClH/c1-7(2)5(10)9(4-3-8)6(11)12-7;/h3-4,8H2,1-2H3;1H. The van der Waals surface area contributed by atoms with Crippen molar-refractivity contribution in [2.75, 3.05) is 13.1 Å². The molecule has 0 bridgehead atoms. The summed E-state index contributed by atoms with van der Waals surface area (Å²) in [7, 11) is 0. The molecule has 0 unspecified atom stereocenters. The SMILES string of the molecule is CC1(C)OC(=O)N(CCN)C1=O.Cl. The minimum atomic E-state index is -1.02. The van der Waals surface area contributed by atoms with Crippen molar-refractivity contribution in [3.8, 4) is 0 Å². The molecular formula is C7H13ClN2O3. The van der Waals surface area contributed by atoms with Gasteiger partial charge in [-0.05, 0) is 13.8 Å². The van der Waals surface area contributed by atoms with Crippen LogP contribution in [0.15, 0.2) is 0 Å². The minimum absolute atomic E-state index is 0. The summed E-state index contributed by atoms with van der Waals surface area (Å²) in [4.78, 5) is 23.4. The molecule has 13 heavy (non-hydrogen) atoms. The van der Waals surface area contributed by atoms with Crippen LogP contribution in [0.5, 0.6) is 0 Å². The second-order valence-corrected chi connectivity index (χ2v) is 3.12. The summed E-state index contributed by atoms with van der Waals surface area (Å²) >= 11 is 0. The molecule has 0 radical (unpaired) electrons. The van der Waals surface area contributed by atoms with E-state index < -0.39 is 11.7 Å². The lowest BCUT2D eigenvalue weighted by Gasteiger charge is -2.12. The number of carbonyl (C=O) groups excluding carboxylic acids is 2. The highest BCUT2D eigenvalue weighted by atomic mass is 35.5. The van der Waals surface area contributed by atoms with Gasteiger partial charge >= 0.3 is 6.09 Å². The predicted octanol–water partition coefficient (Wildman–Crippen LogP) is 0.124. The Bertz CT molecular complexity index is 230. The Hall–Kier alpha value is -0.810. The molecular weight excluding hydrogens is 196 g/mol. The number of imide groups is 1. The molecule has 0 atom stereocenters. The van der Waals surface area contributed by atoms with Crippen LogP contribution in [0, 0.1) is 0 Å². The highest BCUT2D eigenvalue weighted by Crippen LogP contribution is 2.22. The van der Waals surface area contributed by atoms with Crippen molar-refractivity contribution >= 4 is 24.4 Å². The Kier molecular flexibility index (Phi) is 3.69. The highest BCUT2D eigenvalue weighted by Gasteiger charge is 2.46. The van der Waals surface area contributed by atoms with Crippen LogP contribution in [0.25, 0.3) is 0 Å². The average Bonchev–Trinajstić information content (AvgIpc) is 2.13. The maximum absolute atomic E-state index is 11.4. The van der Waals surface area contributed by atoms with Gasteiger partial charge in [0.05, 0.1) is 0 Å². The highest BCUT2D eigenvalue weighted by molar-refractivity contribution is 6.02. The van der Waals surface area contributed by atoms with Crippen molar-refractivity contribution in [1.29, 1.82) is 0 Å². The van der Waals surface area contributed by atoms with Gasteiger partial charge in [0.2, 0.25) is 0 Å². The molecule has 76 valence electrons. The van der Waals surface area contributed by atoms with Gasteiger partial charge in [-0.2, -0.15) is 0 Å². The molecule has 1 aliphatic rings. The van der Waals surface area contributed by atoms with Crippen molar-refractivity contribution in [3.63, 3.8) is 0 Å². The Morgan fingerprint density at radius 2 is 2.00 bits per heavy atom. The lowest BCUT2D eigenvalue weighted by molar-refractivity contribution is -0.134. The maximum atomic E-state index is 11.4. The Morgan fingerprint density at radius 3 is 2.31 bits per heavy atom. The van der Waals surface area contributed by atoms with Crippen molar-refractivity contribution in [3.05, 3.63) is 0 Å². The first-order valence-corrected chi connectivity index (χ1v) is 3.74. The maximum Gasteiger partial charge on any atom is 0.417 e. The molecule has 1 aliphatic heterocycles. The van der Waals surface area contributed by atoms with E-state index in [0.29, 0.717) is 0 Å². The fourth-order valence-corrected chi connectivity index (χ4v) is 1.05. The molecule has 6 heteroatoms. The Balaban J connectivity index is 0.00000144. The van der Waals surface area contributed by atoms with Gasteiger partial charge in [-0.1, -0.05) is 0 Å². The summed E-state index contributed by atoms with van der Waals surface area (Å²) in [6, 6.07) is 0. The molecule has 2 amide bonds. The van der Waals surface area contributed by atoms with E-state index in [9.17, 15) is 9.59 Å². The monoisotopic (exact) mass is 208 g/mol. The van der Waals surface area contributed by atoms with Crippen LogP contribution in [0.3, 0.4) is 0 Å². The van der Waals surface area contributed by atoms with Crippen LogP contribution >= 0.6 is 12.4 Å². The van der Waals surface area contributed by atoms with Gasteiger partial charge in [0, 0.05) is 13.1 Å². The largest absolute Gasteiger partial charge is 0.433 e. The zero-order valence-corrected chi connectivity index (χ0v) is 8.39. The normalized spacial score (nSPS) is 19.8. The predicted molar refractivity (Wildman–Crippen MR) is 48.6 cm³/mol. The van der Waals surface area contributed by atoms with Gasteiger partial charge in [0.25, 0.3) is 5.91 Å². The summed E-state index contributed by atoms with van der Waals surface area (Å²) in [5.74, 6) is -0.321. The molecule has 0 saturated carbocycles. The molecule has 0 aromatic rings. The van der Waals surface area contributed by atoms with E-state index in [1.165, 1.54) is 0 Å². The van der Waals surface area contributed by atoms with E-state index in [-0.39, 0.29) is 31.4 Å². The van der Waals surface area contributed by atoms with Crippen LogP contribution in [-0.2, 0) is 9.53 Å². The third kappa shape index (κ3) is 2.10. The topological polar surface area (TPSA) is 72.6 Å². The number of rotatable bonds is 2. The van der Waals surface area contributed by atoms with E-state index in [4.69, 9.17) is 10.5 Å². The first kappa shape index (κ1) is 12.2. The second kappa shape index (κ2) is 3.93. The number of nitrogens with two attached hydrogens (primary N) is 1. The summed E-state index contributed by atoms with van der Waals surface area (Å²) in [5.41, 5.74) is 4.20. The van der Waals surface area contributed by atoms with E-state index in [2.05, 4.69) is 0 Å². The Labute approximate surface area is 82.6 Å². The number of hydrogen-bond donors (Lipinski definition) is 1. The molecule has 2 N–H and O–H groups in total. The number of nitrogens with zero attached hydrogens (tertiary/aromatic N) is 1. The van der Waals surface area contributed by atoms with E-state index in [0.717, 1.165) is 4.90 Å².